The Morgan fingerprint density at radius 2 is 1.75 bits per heavy atom. The normalized spacial score (nSPS) is 13.2. The van der Waals surface area contributed by atoms with Crippen molar-refractivity contribution in [2.45, 2.75) is 37.4 Å². The molecule has 1 heterocycles. The van der Waals surface area contributed by atoms with E-state index in [1.54, 1.807) is 0 Å². The van der Waals surface area contributed by atoms with Gasteiger partial charge in [0.25, 0.3) is 5.91 Å². The Balaban J connectivity index is 1.61. The number of carbonyl (C=O) groups is 2. The van der Waals surface area contributed by atoms with Crippen molar-refractivity contribution in [3.8, 4) is 0 Å². The van der Waals surface area contributed by atoms with Gasteiger partial charge < -0.3 is 10.1 Å². The Morgan fingerprint density at radius 3 is 2.44 bits per heavy atom. The van der Waals surface area contributed by atoms with Crippen molar-refractivity contribution in [3.05, 3.63) is 88.1 Å². The van der Waals surface area contributed by atoms with Gasteiger partial charge in [-0.1, -0.05) is 42.5 Å². The fourth-order valence-corrected chi connectivity index (χ4v) is 4.68. The lowest BCUT2D eigenvalue weighted by atomic mass is 10.1. The highest BCUT2D eigenvalue weighted by Gasteiger charge is 2.22. The molecule has 0 fully saturated rings. The third-order valence-corrected chi connectivity index (χ3v) is 6.98. The second-order valence-corrected chi connectivity index (χ2v) is 9.92. The maximum atomic E-state index is 12.6. The minimum absolute atomic E-state index is 0.0414. The van der Waals surface area contributed by atoms with Gasteiger partial charge in [0.05, 0.1) is 16.5 Å². The molecule has 2 atom stereocenters. The van der Waals surface area contributed by atoms with E-state index in [1.807, 2.05) is 54.8 Å². The maximum Gasteiger partial charge on any atom is 0.338 e. The first-order valence-corrected chi connectivity index (χ1v) is 12.3. The Morgan fingerprint density at radius 1 is 1.00 bits per heavy atom. The number of ether oxygens (including phenoxy) is 1. The minimum atomic E-state index is -3.81. The van der Waals surface area contributed by atoms with Crippen LogP contribution in [0.5, 0.6) is 0 Å². The molecule has 3 aromatic rings. The third-order valence-electron chi connectivity index (χ3n) is 4.71. The predicted molar refractivity (Wildman–Crippen MR) is 123 cm³/mol. The van der Waals surface area contributed by atoms with Crippen molar-refractivity contribution in [2.75, 3.05) is 0 Å². The summed E-state index contributed by atoms with van der Waals surface area (Å²) in [5, 5.41) is 4.66. The molecule has 32 heavy (non-hydrogen) atoms. The first-order chi connectivity index (χ1) is 15.3. The highest BCUT2D eigenvalue weighted by molar-refractivity contribution is 7.89. The van der Waals surface area contributed by atoms with Gasteiger partial charge >= 0.3 is 5.97 Å². The van der Waals surface area contributed by atoms with E-state index in [2.05, 4.69) is 10.0 Å². The van der Waals surface area contributed by atoms with Crippen LogP contribution in [0, 0.1) is 0 Å². The summed E-state index contributed by atoms with van der Waals surface area (Å²) < 4.78 is 32.9. The highest BCUT2D eigenvalue weighted by Crippen LogP contribution is 2.16. The van der Waals surface area contributed by atoms with Crippen LogP contribution in [-0.2, 0) is 26.1 Å². The Hall–Kier alpha value is -3.01. The standard InChI is InChI=1S/C23H24N2O5S2/c1-16(18-8-4-3-5-9-18)25-22(26)17(2)30-23(27)19-10-6-12-21(14-19)32(28,29)24-15-20-11-7-13-31-20/h3-14,16-17,24H,15H2,1-2H3,(H,25,26). The number of hydrogen-bond donors (Lipinski definition) is 2. The van der Waals surface area contributed by atoms with Crippen LogP contribution < -0.4 is 10.0 Å². The number of sulfonamides is 1. The maximum absolute atomic E-state index is 12.6. The summed E-state index contributed by atoms with van der Waals surface area (Å²) >= 11 is 1.44. The molecule has 2 N–H and O–H groups in total. The molecule has 1 aromatic heterocycles. The number of carbonyl (C=O) groups excluding carboxylic acids is 2. The lowest BCUT2D eigenvalue weighted by Crippen LogP contribution is -2.37. The van der Waals surface area contributed by atoms with E-state index < -0.39 is 28.0 Å². The first-order valence-electron chi connectivity index (χ1n) is 9.94. The third kappa shape index (κ3) is 6.25. The summed E-state index contributed by atoms with van der Waals surface area (Å²) in [7, 11) is -3.81. The van der Waals surface area contributed by atoms with Crippen LogP contribution in [-0.4, -0.2) is 26.4 Å². The summed E-state index contributed by atoms with van der Waals surface area (Å²) in [4.78, 5) is 25.8. The van der Waals surface area contributed by atoms with E-state index in [-0.39, 0.29) is 23.0 Å². The van der Waals surface area contributed by atoms with Gasteiger partial charge in [-0.25, -0.2) is 17.9 Å². The smallest absolute Gasteiger partial charge is 0.338 e. The monoisotopic (exact) mass is 472 g/mol. The molecule has 0 saturated carbocycles. The molecule has 9 heteroatoms. The van der Waals surface area contributed by atoms with Crippen LogP contribution in [0.25, 0.3) is 0 Å². The lowest BCUT2D eigenvalue weighted by Gasteiger charge is -2.18. The molecule has 0 aliphatic rings. The van der Waals surface area contributed by atoms with E-state index >= 15 is 0 Å². The first kappa shape index (κ1) is 23.6. The molecular weight excluding hydrogens is 448 g/mol. The number of thiophene rings is 1. The van der Waals surface area contributed by atoms with E-state index in [4.69, 9.17) is 4.74 Å². The number of nitrogens with one attached hydrogen (secondary N) is 2. The number of rotatable bonds is 9. The summed E-state index contributed by atoms with van der Waals surface area (Å²) in [6, 6.07) is 18.3. The number of amides is 1. The summed E-state index contributed by atoms with van der Waals surface area (Å²) in [5.74, 6) is -1.23. The van der Waals surface area contributed by atoms with E-state index in [0.717, 1.165) is 10.4 Å². The molecule has 0 spiro atoms. The van der Waals surface area contributed by atoms with E-state index in [9.17, 15) is 18.0 Å². The summed E-state index contributed by atoms with van der Waals surface area (Å²) in [6.07, 6.45) is -1.05. The Labute approximate surface area is 191 Å². The fraction of sp³-hybridized carbons (Fsp3) is 0.217. The van der Waals surface area contributed by atoms with E-state index in [0.29, 0.717) is 0 Å². The molecule has 0 saturated heterocycles. The lowest BCUT2D eigenvalue weighted by molar-refractivity contribution is -0.129. The van der Waals surface area contributed by atoms with Crippen molar-refractivity contribution >= 4 is 33.2 Å². The van der Waals surface area contributed by atoms with Crippen LogP contribution in [0.15, 0.2) is 77.0 Å². The molecule has 2 aromatic carbocycles. The van der Waals surface area contributed by atoms with E-state index in [1.165, 1.54) is 42.5 Å². The highest BCUT2D eigenvalue weighted by atomic mass is 32.2. The number of esters is 1. The van der Waals surface area contributed by atoms with Gasteiger partial charge in [0.15, 0.2) is 6.10 Å². The molecule has 7 nitrogen and oxygen atoms in total. The van der Waals surface area contributed by atoms with Crippen LogP contribution in [0.4, 0.5) is 0 Å². The minimum Gasteiger partial charge on any atom is -0.449 e. The van der Waals surface area contributed by atoms with Gasteiger partial charge in [0.2, 0.25) is 10.0 Å². The predicted octanol–water partition coefficient (Wildman–Crippen LogP) is 3.65. The summed E-state index contributed by atoms with van der Waals surface area (Å²) in [5.41, 5.74) is 0.965. The Kier molecular flexibility index (Phi) is 7.79. The number of benzene rings is 2. The van der Waals surface area contributed by atoms with Crippen molar-refractivity contribution in [2.24, 2.45) is 0 Å². The molecule has 0 radical (unpaired) electrons. The van der Waals surface area contributed by atoms with Gasteiger partial charge in [-0.3, -0.25) is 4.79 Å². The van der Waals surface area contributed by atoms with Crippen molar-refractivity contribution < 1.29 is 22.7 Å². The van der Waals surface area contributed by atoms with Crippen molar-refractivity contribution in [1.82, 2.24) is 10.0 Å². The molecule has 2 unspecified atom stereocenters. The summed E-state index contributed by atoms with van der Waals surface area (Å²) in [6.45, 7) is 3.46. The van der Waals surface area contributed by atoms with Crippen molar-refractivity contribution in [3.63, 3.8) is 0 Å². The molecule has 1 amide bonds. The van der Waals surface area contributed by atoms with Crippen LogP contribution >= 0.6 is 11.3 Å². The average molecular weight is 473 g/mol. The van der Waals surface area contributed by atoms with Gasteiger partial charge in [-0.05, 0) is 49.1 Å². The zero-order chi connectivity index (χ0) is 23.1. The molecule has 3 rings (SSSR count). The van der Waals surface area contributed by atoms with Crippen molar-refractivity contribution in [1.29, 1.82) is 0 Å². The average Bonchev–Trinajstić information content (AvgIpc) is 3.32. The fourth-order valence-electron chi connectivity index (χ4n) is 2.89. The van der Waals surface area contributed by atoms with Crippen LogP contribution in [0.3, 0.4) is 0 Å². The molecule has 0 bridgehead atoms. The van der Waals surface area contributed by atoms with Crippen LogP contribution in [0.1, 0.15) is 40.7 Å². The second kappa shape index (κ2) is 10.5. The zero-order valence-corrected chi connectivity index (χ0v) is 19.3. The molecular formula is C23H24N2O5S2. The second-order valence-electron chi connectivity index (χ2n) is 7.12. The molecule has 0 aliphatic heterocycles. The molecule has 0 aliphatic carbocycles. The largest absolute Gasteiger partial charge is 0.449 e. The Bertz CT molecular complexity index is 1160. The topological polar surface area (TPSA) is 102 Å². The van der Waals surface area contributed by atoms with Gasteiger partial charge in [-0.15, -0.1) is 11.3 Å². The SMILES string of the molecule is CC(OC(=O)c1cccc(S(=O)(=O)NCc2cccs2)c1)C(=O)NC(C)c1ccccc1. The molecule has 168 valence electrons. The van der Waals surface area contributed by atoms with Crippen LogP contribution in [0.2, 0.25) is 0 Å². The zero-order valence-electron chi connectivity index (χ0n) is 17.6. The van der Waals surface area contributed by atoms with Gasteiger partial charge in [0, 0.05) is 11.4 Å². The quantitative estimate of drug-likeness (QED) is 0.463. The van der Waals surface area contributed by atoms with Gasteiger partial charge in [0.1, 0.15) is 0 Å². The van der Waals surface area contributed by atoms with Gasteiger partial charge in [-0.2, -0.15) is 0 Å². The number of hydrogen-bond acceptors (Lipinski definition) is 6.